The van der Waals surface area contributed by atoms with Gasteiger partial charge in [0.2, 0.25) is 0 Å². The second kappa shape index (κ2) is 5.73. The van der Waals surface area contributed by atoms with Crippen LogP contribution in [0.3, 0.4) is 0 Å². The Hall–Kier alpha value is -2.46. The molecular formula is C17H14ClNO3. The van der Waals surface area contributed by atoms with Crippen LogP contribution in [0.1, 0.15) is 17.3 Å². The fourth-order valence-corrected chi connectivity index (χ4v) is 2.55. The molecule has 0 saturated heterocycles. The molecular weight excluding hydrogens is 302 g/mol. The number of aromatic nitrogens is 1. The van der Waals surface area contributed by atoms with Crippen LogP contribution in [-0.4, -0.2) is 22.7 Å². The molecule has 112 valence electrons. The maximum absolute atomic E-state index is 12.3. The van der Waals surface area contributed by atoms with Crippen molar-refractivity contribution in [2.45, 2.75) is 6.92 Å². The minimum Gasteiger partial charge on any atom is -0.508 e. The summed E-state index contributed by atoms with van der Waals surface area (Å²) >= 11 is 5.92. The summed E-state index contributed by atoms with van der Waals surface area (Å²) in [5, 5.41) is 10.9. The van der Waals surface area contributed by atoms with Crippen molar-refractivity contribution in [1.82, 2.24) is 4.98 Å². The number of aromatic amines is 1. The summed E-state index contributed by atoms with van der Waals surface area (Å²) in [6.45, 7) is 2.04. The average molecular weight is 316 g/mol. The van der Waals surface area contributed by atoms with E-state index in [9.17, 15) is 9.90 Å². The molecule has 0 amide bonds. The van der Waals surface area contributed by atoms with Crippen LogP contribution < -0.4 is 0 Å². The molecule has 0 bridgehead atoms. The third kappa shape index (κ3) is 2.53. The minimum absolute atomic E-state index is 0.0969. The Bertz CT molecular complexity index is 837. The smallest absolute Gasteiger partial charge is 0.340 e. The molecule has 0 unspecified atom stereocenters. The standard InChI is InChI=1S/C17H14ClNO3/c1-2-22-17(21)15-13-9-12(20)7-8-14(13)19-16(15)10-3-5-11(18)6-4-10/h3-9,19-20H,2H2,1H3. The molecule has 2 aromatic carbocycles. The van der Waals surface area contributed by atoms with Crippen molar-refractivity contribution >= 4 is 28.5 Å². The van der Waals surface area contributed by atoms with E-state index in [0.717, 1.165) is 11.1 Å². The number of benzene rings is 2. The SMILES string of the molecule is CCOC(=O)c1c(-c2ccc(Cl)cc2)[nH]c2ccc(O)cc12. The average Bonchev–Trinajstić information content (AvgIpc) is 2.86. The molecule has 4 nitrogen and oxygen atoms in total. The van der Waals surface area contributed by atoms with Gasteiger partial charge < -0.3 is 14.8 Å². The number of carbonyl (C=O) groups excluding carboxylic acids is 1. The number of fused-ring (bicyclic) bond motifs is 1. The Morgan fingerprint density at radius 1 is 1.23 bits per heavy atom. The van der Waals surface area contributed by atoms with Crippen LogP contribution in [0.15, 0.2) is 42.5 Å². The highest BCUT2D eigenvalue weighted by atomic mass is 35.5. The number of H-pyrrole nitrogens is 1. The van der Waals surface area contributed by atoms with Gasteiger partial charge in [-0.05, 0) is 42.8 Å². The number of nitrogens with one attached hydrogen (secondary N) is 1. The van der Waals surface area contributed by atoms with E-state index in [-0.39, 0.29) is 12.4 Å². The summed E-state index contributed by atoms with van der Waals surface area (Å²) in [6, 6.07) is 12.0. The van der Waals surface area contributed by atoms with Gasteiger partial charge in [-0.3, -0.25) is 0 Å². The molecule has 22 heavy (non-hydrogen) atoms. The van der Waals surface area contributed by atoms with Gasteiger partial charge in [0.05, 0.1) is 17.9 Å². The summed E-state index contributed by atoms with van der Waals surface area (Å²) in [4.78, 5) is 15.6. The number of phenolic OH excluding ortho intramolecular Hbond substituents is 1. The lowest BCUT2D eigenvalue weighted by Gasteiger charge is -2.05. The maximum atomic E-state index is 12.3. The summed E-state index contributed by atoms with van der Waals surface area (Å²) in [7, 11) is 0. The summed E-state index contributed by atoms with van der Waals surface area (Å²) in [5.41, 5.74) is 2.64. The number of phenols is 1. The Labute approximate surface area is 132 Å². The highest BCUT2D eigenvalue weighted by Gasteiger charge is 2.21. The van der Waals surface area contributed by atoms with E-state index < -0.39 is 5.97 Å². The summed E-state index contributed by atoms with van der Waals surface area (Å²) in [5.74, 6) is -0.330. The molecule has 0 spiro atoms. The molecule has 3 rings (SSSR count). The summed E-state index contributed by atoms with van der Waals surface area (Å²) < 4.78 is 5.15. The zero-order chi connectivity index (χ0) is 15.7. The number of aromatic hydroxyl groups is 1. The summed E-state index contributed by atoms with van der Waals surface area (Å²) in [6.07, 6.45) is 0. The molecule has 1 aromatic heterocycles. The van der Waals surface area contributed by atoms with Crippen LogP contribution in [0.25, 0.3) is 22.2 Å². The van der Waals surface area contributed by atoms with Crippen molar-refractivity contribution in [3.63, 3.8) is 0 Å². The van der Waals surface area contributed by atoms with E-state index in [1.54, 1.807) is 37.3 Å². The highest BCUT2D eigenvalue weighted by Crippen LogP contribution is 2.33. The largest absolute Gasteiger partial charge is 0.508 e. The van der Waals surface area contributed by atoms with E-state index in [1.807, 2.05) is 12.1 Å². The lowest BCUT2D eigenvalue weighted by Crippen LogP contribution is -2.05. The van der Waals surface area contributed by atoms with Gasteiger partial charge in [0.1, 0.15) is 5.75 Å². The monoisotopic (exact) mass is 315 g/mol. The fraction of sp³-hybridized carbons (Fsp3) is 0.118. The lowest BCUT2D eigenvalue weighted by atomic mass is 10.1. The number of hydrogen-bond donors (Lipinski definition) is 2. The molecule has 5 heteroatoms. The van der Waals surface area contributed by atoms with Gasteiger partial charge in [-0.1, -0.05) is 23.7 Å². The Morgan fingerprint density at radius 2 is 1.95 bits per heavy atom. The van der Waals surface area contributed by atoms with E-state index in [0.29, 0.717) is 21.7 Å². The van der Waals surface area contributed by atoms with Crippen molar-refractivity contribution in [3.8, 4) is 17.0 Å². The Kier molecular flexibility index (Phi) is 3.77. The zero-order valence-corrected chi connectivity index (χ0v) is 12.6. The van der Waals surface area contributed by atoms with Gasteiger partial charge in [0.15, 0.2) is 0 Å². The number of esters is 1. The van der Waals surface area contributed by atoms with E-state index in [1.165, 1.54) is 0 Å². The Balaban J connectivity index is 2.26. The first kappa shape index (κ1) is 14.5. The van der Waals surface area contributed by atoms with E-state index >= 15 is 0 Å². The first-order chi connectivity index (χ1) is 10.6. The fourth-order valence-electron chi connectivity index (χ4n) is 2.43. The van der Waals surface area contributed by atoms with Crippen LogP contribution in [0.4, 0.5) is 0 Å². The van der Waals surface area contributed by atoms with Gasteiger partial charge in [0.25, 0.3) is 0 Å². The lowest BCUT2D eigenvalue weighted by molar-refractivity contribution is 0.0529. The Morgan fingerprint density at radius 3 is 2.64 bits per heavy atom. The second-order valence-corrected chi connectivity index (χ2v) is 5.27. The van der Waals surface area contributed by atoms with Gasteiger partial charge in [-0.2, -0.15) is 0 Å². The van der Waals surface area contributed by atoms with E-state index in [4.69, 9.17) is 16.3 Å². The molecule has 0 atom stereocenters. The van der Waals surface area contributed by atoms with Gasteiger partial charge in [-0.15, -0.1) is 0 Å². The van der Waals surface area contributed by atoms with Crippen LogP contribution in [-0.2, 0) is 4.74 Å². The van der Waals surface area contributed by atoms with Crippen molar-refractivity contribution in [1.29, 1.82) is 0 Å². The highest BCUT2D eigenvalue weighted by molar-refractivity contribution is 6.30. The third-order valence-corrected chi connectivity index (χ3v) is 3.65. The molecule has 0 saturated carbocycles. The van der Waals surface area contributed by atoms with Crippen molar-refractivity contribution in [2.24, 2.45) is 0 Å². The normalized spacial score (nSPS) is 10.8. The first-order valence-electron chi connectivity index (χ1n) is 6.88. The molecule has 0 aliphatic rings. The maximum Gasteiger partial charge on any atom is 0.340 e. The molecule has 0 aliphatic heterocycles. The molecule has 2 N–H and O–H groups in total. The van der Waals surface area contributed by atoms with Crippen LogP contribution in [0.2, 0.25) is 5.02 Å². The number of halogens is 1. The molecule has 0 radical (unpaired) electrons. The van der Waals surface area contributed by atoms with Crippen molar-refractivity contribution in [2.75, 3.05) is 6.61 Å². The predicted molar refractivity (Wildman–Crippen MR) is 86.4 cm³/mol. The topological polar surface area (TPSA) is 62.3 Å². The zero-order valence-electron chi connectivity index (χ0n) is 11.9. The van der Waals surface area contributed by atoms with Crippen LogP contribution in [0, 0.1) is 0 Å². The number of hydrogen-bond acceptors (Lipinski definition) is 3. The van der Waals surface area contributed by atoms with Crippen LogP contribution >= 0.6 is 11.6 Å². The van der Waals surface area contributed by atoms with Gasteiger partial charge >= 0.3 is 5.97 Å². The first-order valence-corrected chi connectivity index (χ1v) is 7.25. The number of rotatable bonds is 3. The van der Waals surface area contributed by atoms with Crippen molar-refractivity contribution in [3.05, 3.63) is 53.1 Å². The third-order valence-electron chi connectivity index (χ3n) is 3.39. The van der Waals surface area contributed by atoms with Gasteiger partial charge in [0, 0.05) is 15.9 Å². The quantitative estimate of drug-likeness (QED) is 0.705. The molecule has 3 aromatic rings. The van der Waals surface area contributed by atoms with Gasteiger partial charge in [-0.25, -0.2) is 4.79 Å². The molecule has 1 heterocycles. The van der Waals surface area contributed by atoms with E-state index in [2.05, 4.69) is 4.98 Å². The minimum atomic E-state index is -0.427. The second-order valence-electron chi connectivity index (χ2n) is 4.83. The number of ether oxygens (including phenoxy) is 1. The van der Waals surface area contributed by atoms with Crippen LogP contribution in [0.5, 0.6) is 5.75 Å². The molecule has 0 aliphatic carbocycles. The number of carbonyl (C=O) groups is 1. The molecule has 0 fully saturated rings. The predicted octanol–water partition coefficient (Wildman–Crippen LogP) is 4.37. The van der Waals surface area contributed by atoms with Crippen molar-refractivity contribution < 1.29 is 14.6 Å².